The summed E-state index contributed by atoms with van der Waals surface area (Å²) in [6, 6.07) is 14.5. The topological polar surface area (TPSA) is 61.9 Å². The maximum absolute atomic E-state index is 12.8. The molecule has 0 aliphatic carbocycles. The van der Waals surface area contributed by atoms with Crippen molar-refractivity contribution in [3.05, 3.63) is 54.1 Å². The van der Waals surface area contributed by atoms with E-state index in [9.17, 15) is 8.42 Å². The molecule has 0 atom stereocenters. The van der Waals surface area contributed by atoms with Gasteiger partial charge in [0, 0.05) is 31.9 Å². The Morgan fingerprint density at radius 1 is 1.00 bits per heavy atom. The number of rotatable bonds is 4. The first-order chi connectivity index (χ1) is 12.9. The van der Waals surface area contributed by atoms with E-state index in [1.54, 1.807) is 19.2 Å². The van der Waals surface area contributed by atoms with Crippen molar-refractivity contribution in [1.82, 2.24) is 9.21 Å². The summed E-state index contributed by atoms with van der Waals surface area (Å²) in [4.78, 5) is 2.32. The van der Waals surface area contributed by atoms with Crippen molar-refractivity contribution in [1.29, 1.82) is 0 Å². The van der Waals surface area contributed by atoms with Gasteiger partial charge in [-0.2, -0.15) is 4.31 Å². The van der Waals surface area contributed by atoms with Gasteiger partial charge < -0.3 is 15.0 Å². The van der Waals surface area contributed by atoms with Gasteiger partial charge in [0.05, 0.1) is 12.0 Å². The number of methoxy groups -OCH3 is 1. The van der Waals surface area contributed by atoms with Gasteiger partial charge in [-0.3, -0.25) is 0 Å². The van der Waals surface area contributed by atoms with Gasteiger partial charge >= 0.3 is 0 Å². The van der Waals surface area contributed by atoms with E-state index >= 15 is 0 Å². The van der Waals surface area contributed by atoms with E-state index < -0.39 is 10.0 Å². The maximum atomic E-state index is 12.8. The Kier molecular flexibility index (Phi) is 5.98. The second kappa shape index (κ2) is 8.24. The molecule has 27 heavy (non-hydrogen) atoms. The molecule has 1 heterocycles. The van der Waals surface area contributed by atoms with Gasteiger partial charge in [0.15, 0.2) is 5.11 Å². The summed E-state index contributed by atoms with van der Waals surface area (Å²) in [6.45, 7) is 3.84. The van der Waals surface area contributed by atoms with Gasteiger partial charge in [-0.1, -0.05) is 17.7 Å². The van der Waals surface area contributed by atoms with Crippen LogP contribution in [-0.4, -0.2) is 56.0 Å². The van der Waals surface area contributed by atoms with Crippen LogP contribution in [-0.2, 0) is 10.0 Å². The van der Waals surface area contributed by atoms with Gasteiger partial charge in [-0.15, -0.1) is 0 Å². The number of hydrogen-bond donors (Lipinski definition) is 1. The lowest BCUT2D eigenvalue weighted by Gasteiger charge is -2.35. The molecule has 1 fully saturated rings. The third kappa shape index (κ3) is 4.58. The van der Waals surface area contributed by atoms with Crippen LogP contribution in [0.1, 0.15) is 5.56 Å². The number of sulfonamides is 1. The van der Waals surface area contributed by atoms with Crippen LogP contribution >= 0.6 is 12.2 Å². The van der Waals surface area contributed by atoms with Gasteiger partial charge in [0.1, 0.15) is 5.75 Å². The van der Waals surface area contributed by atoms with Crippen LogP contribution in [0.3, 0.4) is 0 Å². The third-order valence-electron chi connectivity index (χ3n) is 4.53. The SMILES string of the molecule is COc1ccc(NC(=S)N2CCN(S(=O)(=O)c3ccc(C)cc3)CC2)cc1. The van der Waals surface area contributed by atoms with Crippen LogP contribution in [0.15, 0.2) is 53.4 Å². The Morgan fingerprint density at radius 2 is 1.59 bits per heavy atom. The Bertz CT molecular complexity index is 889. The minimum absolute atomic E-state index is 0.334. The number of hydrogen-bond acceptors (Lipinski definition) is 4. The molecule has 0 aromatic heterocycles. The van der Waals surface area contributed by atoms with Crippen molar-refractivity contribution < 1.29 is 13.2 Å². The molecule has 0 radical (unpaired) electrons. The number of ether oxygens (including phenoxy) is 1. The fraction of sp³-hybridized carbons (Fsp3) is 0.316. The van der Waals surface area contributed by atoms with Gasteiger partial charge in [-0.05, 0) is 55.5 Å². The van der Waals surface area contributed by atoms with Crippen LogP contribution in [0.5, 0.6) is 5.75 Å². The van der Waals surface area contributed by atoms with Gasteiger partial charge in [0.2, 0.25) is 10.0 Å². The quantitative estimate of drug-likeness (QED) is 0.790. The summed E-state index contributed by atoms with van der Waals surface area (Å²) in [5.41, 5.74) is 1.91. The van der Waals surface area contributed by atoms with Crippen molar-refractivity contribution >= 4 is 33.0 Å². The number of aryl methyl sites for hydroxylation is 1. The first-order valence-corrected chi connectivity index (χ1v) is 10.5. The number of piperazine rings is 1. The summed E-state index contributed by atoms with van der Waals surface area (Å²) in [5, 5.41) is 3.78. The van der Waals surface area contributed by atoms with Crippen molar-refractivity contribution in [2.75, 3.05) is 38.6 Å². The Balaban J connectivity index is 1.59. The standard InChI is InChI=1S/C19H23N3O3S2/c1-15-3-9-18(10-4-15)27(23,24)22-13-11-21(12-14-22)19(26)20-16-5-7-17(25-2)8-6-16/h3-10H,11-14H2,1-2H3,(H,20,26). The number of anilines is 1. The second-order valence-corrected chi connectivity index (χ2v) is 8.69. The number of thiocarbonyl (C=S) groups is 1. The summed E-state index contributed by atoms with van der Waals surface area (Å²) in [7, 11) is -1.84. The van der Waals surface area contributed by atoms with E-state index in [1.165, 1.54) is 4.31 Å². The summed E-state index contributed by atoms with van der Waals surface area (Å²) in [6.07, 6.45) is 0. The highest BCUT2D eigenvalue weighted by Gasteiger charge is 2.29. The van der Waals surface area contributed by atoms with Crippen molar-refractivity contribution in [3.8, 4) is 5.75 Å². The fourth-order valence-electron chi connectivity index (χ4n) is 2.87. The van der Waals surface area contributed by atoms with Crippen LogP contribution in [0.25, 0.3) is 0 Å². The van der Waals surface area contributed by atoms with E-state index in [4.69, 9.17) is 17.0 Å². The van der Waals surface area contributed by atoms with Crippen molar-refractivity contribution in [3.63, 3.8) is 0 Å². The lowest BCUT2D eigenvalue weighted by atomic mass is 10.2. The highest BCUT2D eigenvalue weighted by atomic mass is 32.2. The molecule has 0 spiro atoms. The Hall–Kier alpha value is -2.16. The fourth-order valence-corrected chi connectivity index (χ4v) is 4.59. The maximum Gasteiger partial charge on any atom is 0.243 e. The number of nitrogens with one attached hydrogen (secondary N) is 1. The Labute approximate surface area is 165 Å². The predicted molar refractivity (Wildman–Crippen MR) is 111 cm³/mol. The molecule has 0 bridgehead atoms. The predicted octanol–water partition coefficient (Wildman–Crippen LogP) is 2.71. The molecule has 0 unspecified atom stereocenters. The molecule has 144 valence electrons. The van der Waals surface area contributed by atoms with E-state index in [0.717, 1.165) is 17.0 Å². The van der Waals surface area contributed by atoms with E-state index in [0.29, 0.717) is 36.2 Å². The average Bonchev–Trinajstić information content (AvgIpc) is 2.69. The van der Waals surface area contributed by atoms with Gasteiger partial charge in [0.25, 0.3) is 0 Å². The zero-order chi connectivity index (χ0) is 19.4. The lowest BCUT2D eigenvalue weighted by molar-refractivity contribution is 0.268. The number of nitrogens with zero attached hydrogens (tertiary/aromatic N) is 2. The lowest BCUT2D eigenvalue weighted by Crippen LogP contribution is -2.51. The normalized spacial score (nSPS) is 15.4. The number of benzene rings is 2. The first kappa shape index (κ1) is 19.6. The van der Waals surface area contributed by atoms with Crippen molar-refractivity contribution in [2.45, 2.75) is 11.8 Å². The van der Waals surface area contributed by atoms with E-state index in [-0.39, 0.29) is 0 Å². The van der Waals surface area contributed by atoms with E-state index in [2.05, 4.69) is 5.32 Å². The molecule has 0 amide bonds. The summed E-state index contributed by atoms with van der Waals surface area (Å²) < 4.78 is 32.2. The molecule has 0 saturated carbocycles. The molecule has 8 heteroatoms. The van der Waals surface area contributed by atoms with Crippen LogP contribution in [0, 0.1) is 6.92 Å². The largest absolute Gasteiger partial charge is 0.497 e. The minimum atomic E-state index is -3.47. The van der Waals surface area contributed by atoms with Crippen molar-refractivity contribution in [2.24, 2.45) is 0 Å². The highest BCUT2D eigenvalue weighted by molar-refractivity contribution is 7.89. The Morgan fingerprint density at radius 3 is 2.15 bits per heavy atom. The average molecular weight is 406 g/mol. The minimum Gasteiger partial charge on any atom is -0.497 e. The van der Waals surface area contributed by atoms with Crippen LogP contribution in [0.2, 0.25) is 0 Å². The van der Waals surface area contributed by atoms with Crippen LogP contribution < -0.4 is 10.1 Å². The second-order valence-electron chi connectivity index (χ2n) is 6.36. The van der Waals surface area contributed by atoms with E-state index in [1.807, 2.05) is 48.2 Å². The molecule has 1 N–H and O–H groups in total. The molecule has 3 rings (SSSR count). The highest BCUT2D eigenvalue weighted by Crippen LogP contribution is 2.19. The zero-order valence-corrected chi connectivity index (χ0v) is 17.0. The molecular weight excluding hydrogens is 382 g/mol. The molecule has 1 aliphatic heterocycles. The monoisotopic (exact) mass is 405 g/mol. The first-order valence-electron chi connectivity index (χ1n) is 8.67. The zero-order valence-electron chi connectivity index (χ0n) is 15.4. The molecule has 2 aromatic carbocycles. The molecular formula is C19H23N3O3S2. The molecule has 6 nitrogen and oxygen atoms in total. The molecule has 1 saturated heterocycles. The molecule has 1 aliphatic rings. The van der Waals surface area contributed by atoms with Crippen LogP contribution in [0.4, 0.5) is 5.69 Å². The summed E-state index contributed by atoms with van der Waals surface area (Å²) in [5.74, 6) is 0.779. The molecule has 2 aromatic rings. The smallest absolute Gasteiger partial charge is 0.243 e. The summed E-state index contributed by atoms with van der Waals surface area (Å²) >= 11 is 5.47. The van der Waals surface area contributed by atoms with Gasteiger partial charge in [-0.25, -0.2) is 8.42 Å². The third-order valence-corrected chi connectivity index (χ3v) is 6.80.